The molecule has 0 unspecified atom stereocenters. The number of rotatable bonds is 4. The Morgan fingerprint density at radius 1 is 1.38 bits per heavy atom. The van der Waals surface area contributed by atoms with E-state index in [2.05, 4.69) is 0 Å². The van der Waals surface area contributed by atoms with Crippen LogP contribution in [0.3, 0.4) is 0 Å². The maximum Gasteiger partial charge on any atom is 0.327 e. The van der Waals surface area contributed by atoms with Gasteiger partial charge < -0.3 is 5.11 Å². The third-order valence-electron chi connectivity index (χ3n) is 1.55. The highest BCUT2D eigenvalue weighted by atomic mass is 16.4. The fourth-order valence-corrected chi connectivity index (χ4v) is 0.962. The SMILES string of the molecule is O=C(O)C=CC[B]c1ccccc1. The van der Waals surface area contributed by atoms with Gasteiger partial charge in [-0.2, -0.15) is 0 Å². The Morgan fingerprint density at radius 2 is 2.08 bits per heavy atom. The largest absolute Gasteiger partial charge is 0.478 e. The average Bonchev–Trinajstić information content (AvgIpc) is 2.14. The first-order chi connectivity index (χ1) is 6.29. The Bertz CT molecular complexity index is 293. The second kappa shape index (κ2) is 5.20. The molecular formula is C10H10BO2. The molecule has 13 heavy (non-hydrogen) atoms. The summed E-state index contributed by atoms with van der Waals surface area (Å²) in [6, 6.07) is 9.81. The molecule has 1 aromatic carbocycles. The van der Waals surface area contributed by atoms with Gasteiger partial charge in [-0.25, -0.2) is 4.79 Å². The molecule has 1 N–H and O–H groups in total. The standard InChI is InChI=1S/C10H10BO2/c12-10(13)7-4-8-11-9-5-2-1-3-6-9/h1-7H,8H2,(H,12,13). The van der Waals surface area contributed by atoms with E-state index in [1.807, 2.05) is 37.6 Å². The predicted molar refractivity (Wildman–Crippen MR) is 53.4 cm³/mol. The van der Waals surface area contributed by atoms with Crippen molar-refractivity contribution >= 4 is 18.7 Å². The quantitative estimate of drug-likeness (QED) is 0.546. The van der Waals surface area contributed by atoms with Gasteiger partial charge in [-0.1, -0.05) is 48.2 Å². The number of allylic oxidation sites excluding steroid dienone is 1. The van der Waals surface area contributed by atoms with Gasteiger partial charge in [-0.15, -0.1) is 0 Å². The second-order valence-corrected chi connectivity index (χ2v) is 2.59. The second-order valence-electron chi connectivity index (χ2n) is 2.59. The molecule has 2 nitrogen and oxygen atoms in total. The Hall–Kier alpha value is -1.51. The molecule has 0 heterocycles. The van der Waals surface area contributed by atoms with Crippen LogP contribution in [-0.2, 0) is 4.79 Å². The summed E-state index contributed by atoms with van der Waals surface area (Å²) in [6.07, 6.45) is 3.42. The van der Waals surface area contributed by atoms with Crippen LogP contribution in [0.15, 0.2) is 42.5 Å². The molecule has 0 aromatic heterocycles. The topological polar surface area (TPSA) is 37.3 Å². The molecule has 0 amide bonds. The number of benzene rings is 1. The molecule has 0 atom stereocenters. The van der Waals surface area contributed by atoms with E-state index in [1.54, 1.807) is 6.08 Å². The van der Waals surface area contributed by atoms with Gasteiger partial charge in [0.1, 0.15) is 0 Å². The zero-order valence-corrected chi connectivity index (χ0v) is 7.18. The van der Waals surface area contributed by atoms with Gasteiger partial charge in [0.2, 0.25) is 0 Å². The molecule has 3 heteroatoms. The molecule has 0 spiro atoms. The molecule has 65 valence electrons. The lowest BCUT2D eigenvalue weighted by Gasteiger charge is -1.93. The summed E-state index contributed by atoms with van der Waals surface area (Å²) >= 11 is 0. The highest BCUT2D eigenvalue weighted by molar-refractivity contribution is 6.53. The molecule has 1 rings (SSSR count). The van der Waals surface area contributed by atoms with Crippen LogP contribution in [0.2, 0.25) is 6.32 Å². The van der Waals surface area contributed by atoms with E-state index in [-0.39, 0.29) is 0 Å². The van der Waals surface area contributed by atoms with Crippen molar-refractivity contribution in [2.75, 3.05) is 0 Å². The average molecular weight is 173 g/mol. The van der Waals surface area contributed by atoms with Crippen molar-refractivity contribution in [2.45, 2.75) is 6.32 Å². The van der Waals surface area contributed by atoms with Gasteiger partial charge in [0.05, 0.1) is 0 Å². The van der Waals surface area contributed by atoms with E-state index in [4.69, 9.17) is 5.11 Å². The zero-order valence-electron chi connectivity index (χ0n) is 7.18. The first-order valence-corrected chi connectivity index (χ1v) is 4.07. The van der Waals surface area contributed by atoms with Crippen LogP contribution in [0.4, 0.5) is 0 Å². The normalized spacial score (nSPS) is 10.2. The molecule has 0 fully saturated rings. The van der Waals surface area contributed by atoms with Crippen molar-refractivity contribution in [1.82, 2.24) is 0 Å². The van der Waals surface area contributed by atoms with E-state index >= 15 is 0 Å². The minimum atomic E-state index is -0.901. The molecular weight excluding hydrogens is 163 g/mol. The summed E-state index contributed by atoms with van der Waals surface area (Å²) in [5.41, 5.74) is 1.11. The van der Waals surface area contributed by atoms with Crippen LogP contribution in [0.5, 0.6) is 0 Å². The molecule has 0 aliphatic carbocycles. The first-order valence-electron chi connectivity index (χ1n) is 4.07. The van der Waals surface area contributed by atoms with Crippen LogP contribution in [0, 0.1) is 0 Å². The van der Waals surface area contributed by atoms with Crippen molar-refractivity contribution in [3.05, 3.63) is 42.5 Å². The lowest BCUT2D eigenvalue weighted by Crippen LogP contribution is -2.11. The summed E-state index contributed by atoms with van der Waals surface area (Å²) in [6.45, 7) is 0. The Balaban J connectivity index is 2.32. The number of carbonyl (C=O) groups is 1. The lowest BCUT2D eigenvalue weighted by atomic mass is 9.67. The Morgan fingerprint density at radius 3 is 2.69 bits per heavy atom. The van der Waals surface area contributed by atoms with Gasteiger partial charge in [0.25, 0.3) is 0 Å². The maximum absolute atomic E-state index is 10.1. The minimum absolute atomic E-state index is 0.649. The summed E-state index contributed by atoms with van der Waals surface area (Å²) < 4.78 is 0. The van der Waals surface area contributed by atoms with Crippen molar-refractivity contribution < 1.29 is 9.90 Å². The number of carboxylic acids is 1. The van der Waals surface area contributed by atoms with E-state index < -0.39 is 5.97 Å². The Kier molecular flexibility index (Phi) is 3.83. The highest BCUT2D eigenvalue weighted by Gasteiger charge is 1.91. The third-order valence-corrected chi connectivity index (χ3v) is 1.55. The number of carboxylic acid groups (broad SMARTS) is 1. The highest BCUT2D eigenvalue weighted by Crippen LogP contribution is 1.86. The Labute approximate surface area is 78.1 Å². The number of aliphatic carboxylic acids is 1. The molecule has 0 bridgehead atoms. The van der Waals surface area contributed by atoms with Crippen LogP contribution in [0.1, 0.15) is 0 Å². The minimum Gasteiger partial charge on any atom is -0.478 e. The zero-order chi connectivity index (χ0) is 9.52. The summed E-state index contributed by atoms with van der Waals surface area (Å²) in [7, 11) is 1.97. The van der Waals surface area contributed by atoms with E-state index in [1.165, 1.54) is 0 Å². The summed E-state index contributed by atoms with van der Waals surface area (Å²) in [5.74, 6) is -0.901. The van der Waals surface area contributed by atoms with Crippen molar-refractivity contribution in [3.8, 4) is 0 Å². The van der Waals surface area contributed by atoms with Gasteiger partial charge in [-0.05, 0) is 0 Å². The van der Waals surface area contributed by atoms with Gasteiger partial charge in [0, 0.05) is 6.08 Å². The summed E-state index contributed by atoms with van der Waals surface area (Å²) in [4.78, 5) is 10.1. The van der Waals surface area contributed by atoms with Crippen LogP contribution in [-0.4, -0.2) is 18.4 Å². The van der Waals surface area contributed by atoms with E-state index in [0.717, 1.165) is 11.5 Å². The van der Waals surface area contributed by atoms with Crippen molar-refractivity contribution in [3.63, 3.8) is 0 Å². The van der Waals surface area contributed by atoms with Crippen molar-refractivity contribution in [1.29, 1.82) is 0 Å². The molecule has 0 aliphatic rings. The van der Waals surface area contributed by atoms with Crippen molar-refractivity contribution in [2.24, 2.45) is 0 Å². The maximum atomic E-state index is 10.1. The summed E-state index contributed by atoms with van der Waals surface area (Å²) in [5, 5.41) is 8.31. The first kappa shape index (κ1) is 9.58. The molecule has 0 saturated carbocycles. The van der Waals surface area contributed by atoms with Crippen LogP contribution in [0.25, 0.3) is 0 Å². The monoisotopic (exact) mass is 173 g/mol. The predicted octanol–water partition coefficient (Wildman–Crippen LogP) is 1.08. The molecule has 0 aliphatic heterocycles. The smallest absolute Gasteiger partial charge is 0.327 e. The van der Waals surface area contributed by atoms with Gasteiger partial charge in [0.15, 0.2) is 7.28 Å². The lowest BCUT2D eigenvalue weighted by molar-refractivity contribution is -0.131. The fraction of sp³-hybridized carbons (Fsp3) is 0.100. The molecule has 1 radical (unpaired) electrons. The van der Waals surface area contributed by atoms with E-state index in [0.29, 0.717) is 6.32 Å². The third kappa shape index (κ3) is 4.16. The van der Waals surface area contributed by atoms with Crippen LogP contribution >= 0.6 is 0 Å². The van der Waals surface area contributed by atoms with Gasteiger partial charge >= 0.3 is 5.97 Å². The number of hydrogen-bond acceptors (Lipinski definition) is 1. The molecule has 0 saturated heterocycles. The van der Waals surface area contributed by atoms with Gasteiger partial charge in [-0.3, -0.25) is 0 Å². The number of hydrogen-bond donors (Lipinski definition) is 1. The van der Waals surface area contributed by atoms with E-state index in [9.17, 15) is 4.79 Å². The fourth-order valence-electron chi connectivity index (χ4n) is 0.962. The molecule has 1 aromatic rings. The van der Waals surface area contributed by atoms with Crippen LogP contribution < -0.4 is 5.46 Å².